The number of hydrogen-bond acceptors (Lipinski definition) is 13. The van der Waals surface area contributed by atoms with Crippen LogP contribution >= 0.6 is 58.0 Å². The molecule has 0 fully saturated rings. The van der Waals surface area contributed by atoms with E-state index in [0.717, 1.165) is 6.08 Å². The average molecular weight is 827 g/mol. The number of phenolic OH excluding ortho intramolecular Hbond substituents is 1. The molecule has 0 unspecified atom stereocenters. The first-order chi connectivity index (χ1) is 23.0. The van der Waals surface area contributed by atoms with Gasteiger partial charge in [-0.2, -0.15) is 0 Å². The normalized spacial score (nSPS) is 9.98. The van der Waals surface area contributed by atoms with Gasteiger partial charge in [0.15, 0.2) is 5.75 Å². The first-order valence-electron chi connectivity index (χ1n) is 13.3. The van der Waals surface area contributed by atoms with E-state index < -0.39 is 68.4 Å². The van der Waals surface area contributed by atoms with Gasteiger partial charge in [0, 0.05) is 17.2 Å². The van der Waals surface area contributed by atoms with Gasteiger partial charge in [-0.3, -0.25) is 0 Å². The van der Waals surface area contributed by atoms with Crippen LogP contribution in [0.4, 0.5) is 0 Å². The Bertz CT molecular complexity index is 981. The summed E-state index contributed by atoms with van der Waals surface area (Å²) in [7, 11) is 0. The number of aliphatic hydroxyl groups is 8. The zero-order valence-electron chi connectivity index (χ0n) is 27.2. The third-order valence-electron chi connectivity index (χ3n) is 5.02. The molecule has 0 saturated carbocycles. The molecule has 0 amide bonds. The van der Waals surface area contributed by atoms with E-state index in [0.29, 0.717) is 0 Å². The maximum Gasteiger partial charge on any atom is 0.330 e. The Morgan fingerprint density at radius 2 is 0.800 bits per heavy atom. The van der Waals surface area contributed by atoms with Gasteiger partial charge in [0.1, 0.15) is 10.0 Å². The van der Waals surface area contributed by atoms with Gasteiger partial charge in [-0.05, 0) is 13.8 Å². The molecule has 12 N–H and O–H groups in total. The minimum atomic E-state index is -1.16. The second-order valence-electron chi connectivity index (χ2n) is 9.52. The molecule has 1 aromatic carbocycles. The van der Waals surface area contributed by atoms with Crippen LogP contribution in [0.15, 0.2) is 37.0 Å². The zero-order valence-corrected chi connectivity index (χ0v) is 30.9. The summed E-state index contributed by atoms with van der Waals surface area (Å²) in [4.78, 5) is 28.4. The van der Waals surface area contributed by atoms with Crippen LogP contribution in [0.3, 0.4) is 0 Å². The van der Waals surface area contributed by atoms with Crippen molar-refractivity contribution < 1.29 is 80.4 Å². The molecule has 0 aliphatic carbocycles. The maximum absolute atomic E-state index is 9.60. The quantitative estimate of drug-likeness (QED) is 0.0726. The lowest BCUT2D eigenvalue weighted by molar-refractivity contribution is -0.133. The van der Waals surface area contributed by atoms with Crippen molar-refractivity contribution in [3.05, 3.63) is 62.1 Å². The fourth-order valence-electron chi connectivity index (χ4n) is 1.65. The number of phenols is 1. The smallest absolute Gasteiger partial charge is 0.330 e. The van der Waals surface area contributed by atoms with Crippen LogP contribution in [0.25, 0.3) is 0 Å². The number of rotatable bonds is 14. The topological polar surface area (TPSA) is 303 Å². The van der Waals surface area contributed by atoms with E-state index in [1.807, 2.05) is 0 Å². The van der Waals surface area contributed by atoms with Crippen LogP contribution in [0.5, 0.6) is 5.75 Å². The van der Waals surface area contributed by atoms with Crippen molar-refractivity contribution in [1.29, 1.82) is 0 Å². The number of ether oxygens (including phenoxy) is 1. The van der Waals surface area contributed by atoms with Crippen molar-refractivity contribution in [3.63, 3.8) is 0 Å². The number of aliphatic hydroxyl groups excluding tert-OH is 8. The fourth-order valence-corrected chi connectivity index (χ4v) is 2.78. The molecule has 0 saturated heterocycles. The van der Waals surface area contributed by atoms with Gasteiger partial charge < -0.3 is 66.0 Å². The molecule has 1 aromatic rings. The van der Waals surface area contributed by atoms with Crippen molar-refractivity contribution >= 4 is 75.9 Å². The first-order valence-corrected chi connectivity index (χ1v) is 15.2. The lowest BCUT2D eigenvalue weighted by atomic mass is 9.91. The van der Waals surface area contributed by atoms with E-state index in [-0.39, 0.29) is 68.4 Å². The molecule has 0 bridgehead atoms. The summed E-state index contributed by atoms with van der Waals surface area (Å²) in [6, 6.07) is 0. The van der Waals surface area contributed by atoms with Crippen LogP contribution in [-0.2, 0) is 19.1 Å². The van der Waals surface area contributed by atoms with Crippen LogP contribution in [0.2, 0.25) is 25.1 Å². The highest BCUT2D eigenvalue weighted by Gasteiger charge is 2.32. The molecule has 0 aromatic heterocycles. The Hall–Kier alpha value is -2.26. The number of aliphatic carboxylic acids is 3. The molecular formula is C29H45Cl5O16. The number of carboxylic acid groups (broad SMARTS) is 3. The third kappa shape index (κ3) is 26.5. The minimum absolute atomic E-state index is 0.00904. The van der Waals surface area contributed by atoms with E-state index >= 15 is 0 Å². The van der Waals surface area contributed by atoms with Crippen molar-refractivity contribution in [2.75, 3.05) is 66.1 Å². The Morgan fingerprint density at radius 3 is 0.940 bits per heavy atom. The van der Waals surface area contributed by atoms with Crippen LogP contribution in [0.1, 0.15) is 13.8 Å². The molecule has 1 rings (SSSR count). The minimum Gasteiger partial charge on any atom is -0.505 e. The van der Waals surface area contributed by atoms with E-state index in [4.69, 9.17) is 119 Å². The molecular weight excluding hydrogens is 782 g/mol. The van der Waals surface area contributed by atoms with E-state index in [9.17, 15) is 19.5 Å². The van der Waals surface area contributed by atoms with Gasteiger partial charge in [0.25, 0.3) is 0 Å². The number of aromatic hydroxyl groups is 1. The van der Waals surface area contributed by atoms with E-state index in [2.05, 4.69) is 19.7 Å². The van der Waals surface area contributed by atoms with E-state index in [1.54, 1.807) is 0 Å². The molecule has 16 nitrogen and oxygen atoms in total. The lowest BCUT2D eigenvalue weighted by Crippen LogP contribution is -2.43. The second-order valence-corrected chi connectivity index (χ2v) is 11.4. The summed E-state index contributed by atoms with van der Waals surface area (Å²) < 4.78 is 5.15. The Labute approximate surface area is 313 Å². The summed E-state index contributed by atoms with van der Waals surface area (Å²) in [5.41, 5.74) is -1.97. The van der Waals surface area contributed by atoms with Gasteiger partial charge >= 0.3 is 17.9 Å². The zero-order chi connectivity index (χ0) is 40.8. The van der Waals surface area contributed by atoms with Crippen LogP contribution < -0.4 is 0 Å². The number of carboxylic acids is 3. The van der Waals surface area contributed by atoms with Crippen molar-refractivity contribution in [1.82, 2.24) is 0 Å². The first kappa shape index (κ1) is 57.1. The van der Waals surface area contributed by atoms with Crippen molar-refractivity contribution in [2.24, 2.45) is 10.8 Å². The molecule has 21 heteroatoms. The fraction of sp³-hybridized carbons (Fsp3) is 0.483. The Morgan fingerprint density at radius 1 is 0.600 bits per heavy atom. The largest absolute Gasteiger partial charge is 0.505 e. The number of halogens is 5. The highest BCUT2D eigenvalue weighted by atomic mass is 35.5. The Kier molecular flexibility index (Phi) is 37.3. The average Bonchev–Trinajstić information content (AvgIpc) is 3.10. The highest BCUT2D eigenvalue weighted by molar-refractivity contribution is 6.55. The van der Waals surface area contributed by atoms with Crippen molar-refractivity contribution in [3.8, 4) is 5.75 Å². The molecule has 0 spiro atoms. The lowest BCUT2D eigenvalue weighted by Gasteiger charge is -2.31. The van der Waals surface area contributed by atoms with Gasteiger partial charge in [0.2, 0.25) is 0 Å². The number of carbonyl (C=O) groups is 3. The molecule has 0 aliphatic heterocycles. The summed E-state index contributed by atoms with van der Waals surface area (Å²) in [5, 5.41) is 102. The maximum atomic E-state index is 9.60. The standard InChI is InChI=1S/C10H22O7.C6HCl5O.2C4H6O2.C3H4O2.C2H6O2/c11-1-9(2-12,3-13)7-17-8-10(4-14,5-15)6-16;7-1-2(8)4(10)6(12)5(11)3(1)9;2*1-3(2)4(5)6;1-2-3(4)5;3-1-2-4/h11-16H,1-8H2;12H;2*1H2,2H3,(H,5,6);2H,1H2,(H,4,5);3-4H,1-2H2. The molecule has 50 heavy (non-hydrogen) atoms. The molecule has 0 atom stereocenters. The molecule has 0 heterocycles. The number of benzene rings is 1. The van der Waals surface area contributed by atoms with Gasteiger partial charge in [-0.15, -0.1) is 0 Å². The predicted octanol–water partition coefficient (Wildman–Crippen LogP) is 2.11. The molecule has 292 valence electrons. The SMILES string of the molecule is C=C(C)C(=O)O.C=C(C)C(=O)O.C=CC(=O)O.OCC(CO)(CO)COCC(CO)(CO)CO.OCCO.Oc1c(Cl)c(Cl)c(Cl)c(Cl)c1Cl. The summed E-state index contributed by atoms with van der Waals surface area (Å²) >= 11 is 27.9. The van der Waals surface area contributed by atoms with Crippen LogP contribution in [-0.4, -0.2) is 145 Å². The Balaban J connectivity index is -0.000000177. The van der Waals surface area contributed by atoms with Crippen LogP contribution in [0, 0.1) is 10.8 Å². The van der Waals surface area contributed by atoms with Crippen molar-refractivity contribution in [2.45, 2.75) is 13.8 Å². The second kappa shape index (κ2) is 32.6. The predicted molar refractivity (Wildman–Crippen MR) is 188 cm³/mol. The van der Waals surface area contributed by atoms with Gasteiger partial charge in [-0.1, -0.05) is 77.7 Å². The van der Waals surface area contributed by atoms with Gasteiger partial charge in [-0.25, -0.2) is 14.4 Å². The third-order valence-corrected chi connectivity index (χ3v) is 7.28. The monoisotopic (exact) mass is 824 g/mol. The molecule has 0 radical (unpaired) electrons. The van der Waals surface area contributed by atoms with Gasteiger partial charge in [0.05, 0.1) is 92.0 Å². The molecule has 0 aliphatic rings. The summed E-state index contributed by atoms with van der Waals surface area (Å²) in [6.45, 7) is 8.91. The summed E-state index contributed by atoms with van der Waals surface area (Å²) in [5.74, 6) is -3.22. The highest BCUT2D eigenvalue weighted by Crippen LogP contribution is 2.47. The number of hydrogen-bond donors (Lipinski definition) is 12. The van der Waals surface area contributed by atoms with E-state index in [1.165, 1.54) is 13.8 Å². The summed E-state index contributed by atoms with van der Waals surface area (Å²) in [6.07, 6.45) is 0.833.